The molecule has 1 aliphatic rings. The van der Waals surface area contributed by atoms with Gasteiger partial charge in [0.15, 0.2) is 29.6 Å². The molecular formula is C32H31Cl2IN4O8. The standard InChI is InChI=1S/C32H31Cl2IN4O8/c1-5-45-31(41)28-17(2)37-32(42)38-29(28)20-7-9-24(25(13-20)43-3)46-16-27(40)39-36-14-19-11-23(35)30(26(12-19)44-4)47-15-18-6-8-21(33)22(34)10-18/h6-14,29H,5,15-16H2,1-4H3,(H,39,40)(H2,37,38,42)/b36-14-/t29-/m1/s1. The van der Waals surface area contributed by atoms with E-state index in [1.54, 1.807) is 50.2 Å². The van der Waals surface area contributed by atoms with Crippen LogP contribution < -0.4 is 35.0 Å². The van der Waals surface area contributed by atoms with E-state index in [-0.39, 0.29) is 36.9 Å². The summed E-state index contributed by atoms with van der Waals surface area (Å²) in [6.45, 7) is 3.37. The van der Waals surface area contributed by atoms with Crippen molar-refractivity contribution in [2.75, 3.05) is 27.4 Å². The van der Waals surface area contributed by atoms with Crippen molar-refractivity contribution in [1.82, 2.24) is 16.1 Å². The van der Waals surface area contributed by atoms with Crippen LogP contribution in [-0.2, 0) is 20.9 Å². The number of benzene rings is 3. The number of nitrogens with zero attached hydrogens (tertiary/aromatic N) is 1. The maximum Gasteiger partial charge on any atom is 0.338 e. The Kier molecular flexibility index (Phi) is 12.6. The molecule has 3 amide bonds. The Morgan fingerprint density at radius 1 is 1.00 bits per heavy atom. The highest BCUT2D eigenvalue weighted by atomic mass is 127. The summed E-state index contributed by atoms with van der Waals surface area (Å²) in [5.74, 6) is 0.494. The quantitative estimate of drug-likeness (QED) is 0.0838. The minimum absolute atomic E-state index is 0.176. The number of carbonyl (C=O) groups excluding carboxylic acids is 3. The van der Waals surface area contributed by atoms with Crippen LogP contribution in [0.15, 0.2) is 64.9 Å². The molecule has 0 spiro atoms. The Balaban J connectivity index is 1.37. The van der Waals surface area contributed by atoms with Gasteiger partial charge in [-0.15, -0.1) is 0 Å². The van der Waals surface area contributed by atoms with Gasteiger partial charge in [-0.25, -0.2) is 15.0 Å². The number of urea groups is 1. The molecular weight excluding hydrogens is 766 g/mol. The van der Waals surface area contributed by atoms with Crippen molar-refractivity contribution in [2.45, 2.75) is 26.5 Å². The van der Waals surface area contributed by atoms with Crippen LogP contribution in [0.2, 0.25) is 10.0 Å². The Morgan fingerprint density at radius 3 is 2.47 bits per heavy atom. The van der Waals surface area contributed by atoms with Crippen LogP contribution in [0.1, 0.15) is 36.6 Å². The molecule has 4 rings (SSSR count). The van der Waals surface area contributed by atoms with Crippen LogP contribution >= 0.6 is 45.8 Å². The summed E-state index contributed by atoms with van der Waals surface area (Å²) < 4.78 is 28.6. The fourth-order valence-corrected chi connectivity index (χ4v) is 5.60. The molecule has 3 N–H and O–H groups in total. The summed E-state index contributed by atoms with van der Waals surface area (Å²) in [6, 6.07) is 12.4. The first kappa shape index (κ1) is 35.6. The van der Waals surface area contributed by atoms with E-state index in [0.29, 0.717) is 38.4 Å². The van der Waals surface area contributed by atoms with Crippen molar-refractivity contribution in [3.05, 3.63) is 90.1 Å². The molecule has 0 aromatic heterocycles. The first-order valence-electron chi connectivity index (χ1n) is 14.1. The van der Waals surface area contributed by atoms with E-state index >= 15 is 0 Å². The second-order valence-electron chi connectivity index (χ2n) is 9.85. The number of allylic oxidation sites excluding steroid dienone is 1. The smallest absolute Gasteiger partial charge is 0.338 e. The fourth-order valence-electron chi connectivity index (χ4n) is 4.50. The highest BCUT2D eigenvalue weighted by Crippen LogP contribution is 2.36. The average molecular weight is 797 g/mol. The lowest BCUT2D eigenvalue weighted by molar-refractivity contribution is -0.139. The van der Waals surface area contributed by atoms with Crippen LogP contribution in [0.4, 0.5) is 4.79 Å². The molecule has 12 nitrogen and oxygen atoms in total. The van der Waals surface area contributed by atoms with E-state index in [4.69, 9.17) is 46.9 Å². The first-order chi connectivity index (χ1) is 22.5. The minimum atomic E-state index is -0.784. The van der Waals surface area contributed by atoms with Gasteiger partial charge in [-0.05, 0) is 89.5 Å². The molecule has 1 aliphatic heterocycles. The van der Waals surface area contributed by atoms with Crippen molar-refractivity contribution in [3.63, 3.8) is 0 Å². The van der Waals surface area contributed by atoms with E-state index in [0.717, 1.165) is 9.13 Å². The molecule has 3 aromatic carbocycles. The maximum atomic E-state index is 12.6. The summed E-state index contributed by atoms with van der Waals surface area (Å²) >= 11 is 14.2. The van der Waals surface area contributed by atoms with E-state index in [1.165, 1.54) is 20.4 Å². The number of halogens is 3. The Labute approximate surface area is 294 Å². The SMILES string of the molecule is CCOC(=O)C1=C(C)NC(=O)N[C@@H]1c1ccc(OCC(=O)N/N=C\c2cc(I)c(OCc3ccc(Cl)c(Cl)c3)c(OC)c2)c(OC)c1. The van der Waals surface area contributed by atoms with Crippen molar-refractivity contribution < 1.29 is 38.1 Å². The summed E-state index contributed by atoms with van der Waals surface area (Å²) in [7, 11) is 2.96. The fraction of sp³-hybridized carbons (Fsp3) is 0.250. The normalized spacial score (nSPS) is 14.3. The maximum absolute atomic E-state index is 12.6. The zero-order chi connectivity index (χ0) is 34.1. The van der Waals surface area contributed by atoms with Crippen molar-refractivity contribution >= 4 is 69.9 Å². The van der Waals surface area contributed by atoms with Gasteiger partial charge in [0.1, 0.15) is 6.61 Å². The Bertz CT molecular complexity index is 1730. The summed E-state index contributed by atoms with van der Waals surface area (Å²) in [5.41, 5.74) is 5.11. The summed E-state index contributed by atoms with van der Waals surface area (Å²) in [5, 5.41) is 10.2. The number of nitrogens with one attached hydrogen (secondary N) is 3. The third kappa shape index (κ3) is 9.20. The monoisotopic (exact) mass is 796 g/mol. The molecule has 0 radical (unpaired) electrons. The molecule has 0 bridgehead atoms. The molecule has 0 unspecified atom stereocenters. The molecule has 248 valence electrons. The van der Waals surface area contributed by atoms with Gasteiger partial charge in [-0.2, -0.15) is 5.10 Å². The molecule has 47 heavy (non-hydrogen) atoms. The number of methoxy groups -OCH3 is 2. The lowest BCUT2D eigenvalue weighted by Gasteiger charge is -2.28. The zero-order valence-electron chi connectivity index (χ0n) is 25.7. The lowest BCUT2D eigenvalue weighted by atomic mass is 9.95. The molecule has 0 saturated carbocycles. The molecule has 0 saturated heterocycles. The number of rotatable bonds is 13. The van der Waals surface area contributed by atoms with Crippen LogP contribution in [0.3, 0.4) is 0 Å². The third-order valence-electron chi connectivity index (χ3n) is 6.67. The Morgan fingerprint density at radius 2 is 1.77 bits per heavy atom. The average Bonchev–Trinajstić information content (AvgIpc) is 3.04. The van der Waals surface area contributed by atoms with Gasteiger partial charge < -0.3 is 34.3 Å². The van der Waals surface area contributed by atoms with Gasteiger partial charge in [0.2, 0.25) is 0 Å². The third-order valence-corrected chi connectivity index (χ3v) is 8.21. The number of hydrazone groups is 1. The van der Waals surface area contributed by atoms with Crippen LogP contribution in [0.25, 0.3) is 0 Å². The minimum Gasteiger partial charge on any atom is -0.493 e. The highest BCUT2D eigenvalue weighted by Gasteiger charge is 2.32. The number of hydrogen-bond donors (Lipinski definition) is 3. The number of carbonyl (C=O) groups is 3. The largest absolute Gasteiger partial charge is 0.493 e. The molecule has 15 heteroatoms. The van der Waals surface area contributed by atoms with Gasteiger partial charge in [-0.3, -0.25) is 4.79 Å². The molecule has 0 fully saturated rings. The lowest BCUT2D eigenvalue weighted by Crippen LogP contribution is -2.45. The van der Waals surface area contributed by atoms with Crippen molar-refractivity contribution in [3.8, 4) is 23.0 Å². The molecule has 0 aliphatic carbocycles. The second-order valence-corrected chi connectivity index (χ2v) is 11.8. The van der Waals surface area contributed by atoms with Gasteiger partial charge in [0.05, 0.1) is 52.3 Å². The summed E-state index contributed by atoms with van der Waals surface area (Å²) in [4.78, 5) is 37.3. The Hall–Kier alpha value is -4.21. The number of amides is 3. The van der Waals surface area contributed by atoms with Gasteiger partial charge in [0.25, 0.3) is 5.91 Å². The van der Waals surface area contributed by atoms with E-state index in [9.17, 15) is 14.4 Å². The predicted molar refractivity (Wildman–Crippen MR) is 184 cm³/mol. The number of esters is 1. The first-order valence-corrected chi connectivity index (χ1v) is 15.9. The number of ether oxygens (including phenoxy) is 5. The highest BCUT2D eigenvalue weighted by molar-refractivity contribution is 14.1. The second kappa shape index (κ2) is 16.6. The topological polar surface area (TPSA) is 146 Å². The molecule has 1 atom stereocenters. The van der Waals surface area contributed by atoms with Gasteiger partial charge in [0, 0.05) is 5.70 Å². The van der Waals surface area contributed by atoms with E-state index in [2.05, 4.69) is 43.8 Å². The summed E-state index contributed by atoms with van der Waals surface area (Å²) in [6.07, 6.45) is 1.46. The predicted octanol–water partition coefficient (Wildman–Crippen LogP) is 5.91. The van der Waals surface area contributed by atoms with Crippen LogP contribution in [-0.4, -0.2) is 51.6 Å². The van der Waals surface area contributed by atoms with Gasteiger partial charge in [-0.1, -0.05) is 35.3 Å². The zero-order valence-corrected chi connectivity index (χ0v) is 29.4. The van der Waals surface area contributed by atoms with E-state index < -0.39 is 23.9 Å². The molecule has 3 aromatic rings. The molecule has 1 heterocycles. The number of hydrogen-bond acceptors (Lipinski definition) is 9. The van der Waals surface area contributed by atoms with E-state index in [1.807, 2.05) is 12.1 Å². The van der Waals surface area contributed by atoms with Gasteiger partial charge >= 0.3 is 12.0 Å². The van der Waals surface area contributed by atoms with Crippen molar-refractivity contribution in [2.24, 2.45) is 5.10 Å². The van der Waals surface area contributed by atoms with Crippen LogP contribution in [0, 0.1) is 3.57 Å². The van der Waals surface area contributed by atoms with Crippen LogP contribution in [0.5, 0.6) is 23.0 Å². The van der Waals surface area contributed by atoms with Crippen molar-refractivity contribution in [1.29, 1.82) is 0 Å².